The first-order valence-corrected chi connectivity index (χ1v) is 11.8. The summed E-state index contributed by atoms with van der Waals surface area (Å²) in [6, 6.07) is 0. The van der Waals surface area contributed by atoms with E-state index in [1.54, 1.807) is 0 Å². The predicted molar refractivity (Wildman–Crippen MR) is 102 cm³/mol. The Hall–Kier alpha value is 0.660. The third-order valence-electron chi connectivity index (χ3n) is 3.80. The van der Waals surface area contributed by atoms with Gasteiger partial charge in [-0.1, -0.05) is 99.1 Å². The summed E-state index contributed by atoms with van der Waals surface area (Å²) < 4.78 is 0. The summed E-state index contributed by atoms with van der Waals surface area (Å²) in [6.07, 6.45) is 19.1. The fraction of sp³-hybridized carbons (Fsp3) is 1.00. The second-order valence-corrected chi connectivity index (χ2v) is 8.67. The molecule has 0 rings (SSSR count). The molecule has 21 heavy (non-hydrogen) atoms. The summed E-state index contributed by atoms with van der Waals surface area (Å²) in [5.74, 6) is 2.62. The molecule has 0 radical (unpaired) electrons. The van der Waals surface area contributed by atoms with E-state index < -0.39 is 0 Å². The summed E-state index contributed by atoms with van der Waals surface area (Å²) in [7, 11) is 4.11. The number of rotatable bonds is 18. The lowest BCUT2D eigenvalue weighted by molar-refractivity contribution is 0.283. The highest BCUT2D eigenvalue weighted by Gasteiger charge is 1.95. The molecule has 0 aliphatic carbocycles. The van der Waals surface area contributed by atoms with Crippen molar-refractivity contribution in [2.24, 2.45) is 0 Å². The molecule has 0 aliphatic heterocycles. The van der Waals surface area contributed by atoms with Gasteiger partial charge in [0.05, 0.1) is 0 Å². The molecule has 0 aromatic rings. The maximum atomic E-state index is 8.68. The lowest BCUT2D eigenvalue weighted by Crippen LogP contribution is -1.85. The van der Waals surface area contributed by atoms with E-state index in [4.69, 9.17) is 5.11 Å². The number of aliphatic hydroxyl groups is 1. The third-order valence-corrected chi connectivity index (χ3v) is 6.38. The average Bonchev–Trinajstić information content (AvgIpc) is 2.50. The molecule has 0 amide bonds. The molecule has 0 bridgehead atoms. The minimum atomic E-state index is 0.362. The van der Waals surface area contributed by atoms with Crippen molar-refractivity contribution >= 4 is 21.6 Å². The van der Waals surface area contributed by atoms with Crippen molar-refractivity contribution in [3.05, 3.63) is 0 Å². The predicted octanol–water partition coefficient (Wildman–Crippen LogP) is 6.84. The fourth-order valence-corrected chi connectivity index (χ4v) is 4.69. The molecule has 1 nitrogen and oxygen atoms in total. The van der Waals surface area contributed by atoms with Gasteiger partial charge in [-0.05, 0) is 19.3 Å². The van der Waals surface area contributed by atoms with Gasteiger partial charge in [0.25, 0.3) is 0 Å². The van der Waals surface area contributed by atoms with E-state index in [-0.39, 0.29) is 0 Å². The van der Waals surface area contributed by atoms with Crippen molar-refractivity contribution in [2.45, 2.75) is 96.8 Å². The number of aliphatic hydroxyl groups excluding tert-OH is 1. The van der Waals surface area contributed by atoms with E-state index in [2.05, 4.69) is 17.7 Å². The van der Waals surface area contributed by atoms with Crippen molar-refractivity contribution in [3.8, 4) is 0 Å². The monoisotopic (exact) mass is 334 g/mol. The number of hydrogen-bond acceptors (Lipinski definition) is 3. The van der Waals surface area contributed by atoms with Crippen molar-refractivity contribution in [2.75, 3.05) is 18.1 Å². The zero-order valence-corrected chi connectivity index (χ0v) is 15.9. The van der Waals surface area contributed by atoms with Crippen LogP contribution in [0.3, 0.4) is 0 Å². The minimum absolute atomic E-state index is 0.362. The van der Waals surface area contributed by atoms with E-state index in [1.165, 1.54) is 95.0 Å². The van der Waals surface area contributed by atoms with Crippen LogP contribution in [0.25, 0.3) is 0 Å². The lowest BCUT2D eigenvalue weighted by atomic mass is 10.1. The molecule has 0 heterocycles. The van der Waals surface area contributed by atoms with E-state index in [1.807, 2.05) is 10.8 Å². The number of unbranched alkanes of at least 4 members (excludes halogenated alkanes) is 12. The van der Waals surface area contributed by atoms with Crippen LogP contribution in [0.4, 0.5) is 0 Å². The van der Waals surface area contributed by atoms with Gasteiger partial charge in [-0.15, -0.1) is 0 Å². The molecular weight excluding hydrogens is 296 g/mol. The molecule has 0 atom stereocenters. The standard InChI is InChI=1S/C18H38OS2/c1-2-3-4-5-6-7-8-9-11-14-17-20-21-18-15-12-10-13-16-19/h19H,2-18H2,1H3. The second-order valence-electron chi connectivity index (χ2n) is 5.96. The Morgan fingerprint density at radius 2 is 0.905 bits per heavy atom. The first-order valence-electron chi connectivity index (χ1n) is 9.27. The quantitative estimate of drug-likeness (QED) is 0.219. The van der Waals surface area contributed by atoms with Gasteiger partial charge in [0.2, 0.25) is 0 Å². The molecular formula is C18H38OS2. The van der Waals surface area contributed by atoms with Gasteiger partial charge in [0, 0.05) is 18.1 Å². The molecule has 0 aromatic carbocycles. The molecule has 0 saturated heterocycles. The van der Waals surface area contributed by atoms with Crippen LogP contribution in [-0.4, -0.2) is 23.2 Å². The Kier molecular flexibility index (Phi) is 21.3. The average molecular weight is 335 g/mol. The van der Waals surface area contributed by atoms with Crippen molar-refractivity contribution in [1.29, 1.82) is 0 Å². The fourth-order valence-electron chi connectivity index (χ4n) is 2.39. The topological polar surface area (TPSA) is 20.2 Å². The first-order chi connectivity index (χ1) is 10.4. The van der Waals surface area contributed by atoms with E-state index >= 15 is 0 Å². The number of hydrogen-bond donors (Lipinski definition) is 1. The highest BCUT2D eigenvalue weighted by atomic mass is 33.1. The molecule has 0 fully saturated rings. The van der Waals surface area contributed by atoms with E-state index in [0.717, 1.165) is 6.42 Å². The van der Waals surface area contributed by atoms with Crippen LogP contribution in [0.15, 0.2) is 0 Å². The van der Waals surface area contributed by atoms with Crippen LogP contribution < -0.4 is 0 Å². The molecule has 0 spiro atoms. The zero-order valence-electron chi connectivity index (χ0n) is 14.3. The Balaban J connectivity index is 2.90. The summed E-state index contributed by atoms with van der Waals surface area (Å²) in [6.45, 7) is 2.65. The molecule has 0 unspecified atom stereocenters. The van der Waals surface area contributed by atoms with Gasteiger partial charge in [0.15, 0.2) is 0 Å². The summed E-state index contributed by atoms with van der Waals surface area (Å²) in [5, 5.41) is 8.68. The Morgan fingerprint density at radius 3 is 1.33 bits per heavy atom. The van der Waals surface area contributed by atoms with E-state index in [0.29, 0.717) is 6.61 Å². The van der Waals surface area contributed by atoms with Crippen LogP contribution in [0, 0.1) is 0 Å². The van der Waals surface area contributed by atoms with Gasteiger partial charge in [-0.3, -0.25) is 0 Å². The van der Waals surface area contributed by atoms with Crippen LogP contribution in [-0.2, 0) is 0 Å². The van der Waals surface area contributed by atoms with Gasteiger partial charge in [-0.25, -0.2) is 0 Å². The molecule has 0 aromatic heterocycles. The normalized spacial score (nSPS) is 11.1. The highest BCUT2D eigenvalue weighted by Crippen LogP contribution is 2.24. The molecule has 128 valence electrons. The van der Waals surface area contributed by atoms with Crippen molar-refractivity contribution in [3.63, 3.8) is 0 Å². The largest absolute Gasteiger partial charge is 0.396 e. The molecule has 0 aliphatic rings. The smallest absolute Gasteiger partial charge is 0.0431 e. The maximum absolute atomic E-state index is 8.68. The van der Waals surface area contributed by atoms with Gasteiger partial charge >= 0.3 is 0 Å². The molecule has 3 heteroatoms. The summed E-state index contributed by atoms with van der Waals surface area (Å²) >= 11 is 0. The SMILES string of the molecule is CCCCCCCCCCCCSSCCCCCCO. The Bertz CT molecular complexity index is 159. The minimum Gasteiger partial charge on any atom is -0.396 e. The Morgan fingerprint density at radius 1 is 0.524 bits per heavy atom. The van der Waals surface area contributed by atoms with Crippen LogP contribution in [0.1, 0.15) is 96.8 Å². The first kappa shape index (κ1) is 21.7. The summed E-state index contributed by atoms with van der Waals surface area (Å²) in [4.78, 5) is 0. The van der Waals surface area contributed by atoms with Crippen LogP contribution in [0.2, 0.25) is 0 Å². The third kappa shape index (κ3) is 20.7. The maximum Gasteiger partial charge on any atom is 0.0431 e. The molecule has 1 N–H and O–H groups in total. The molecule has 0 saturated carbocycles. The van der Waals surface area contributed by atoms with E-state index in [9.17, 15) is 0 Å². The lowest BCUT2D eigenvalue weighted by Gasteiger charge is -2.03. The van der Waals surface area contributed by atoms with Crippen molar-refractivity contribution < 1.29 is 5.11 Å². The van der Waals surface area contributed by atoms with Crippen LogP contribution >= 0.6 is 21.6 Å². The zero-order chi connectivity index (χ0) is 15.4. The highest BCUT2D eigenvalue weighted by molar-refractivity contribution is 8.76. The van der Waals surface area contributed by atoms with Gasteiger partial charge in [-0.2, -0.15) is 0 Å². The Labute approximate surface area is 141 Å². The van der Waals surface area contributed by atoms with Gasteiger partial charge < -0.3 is 5.11 Å². The second kappa shape index (κ2) is 20.7. The summed E-state index contributed by atoms with van der Waals surface area (Å²) in [5.41, 5.74) is 0. The van der Waals surface area contributed by atoms with Crippen molar-refractivity contribution in [1.82, 2.24) is 0 Å². The van der Waals surface area contributed by atoms with Crippen LogP contribution in [0.5, 0.6) is 0 Å². The van der Waals surface area contributed by atoms with Gasteiger partial charge in [0.1, 0.15) is 0 Å².